The molecule has 0 rings (SSSR count). The van der Waals surface area contributed by atoms with Gasteiger partial charge in [0.15, 0.2) is 0 Å². The fourth-order valence-electron chi connectivity index (χ4n) is 1.69. The minimum atomic E-state index is -0.00627. The van der Waals surface area contributed by atoms with Crippen molar-refractivity contribution in [1.82, 2.24) is 5.32 Å². The first-order valence-electron chi connectivity index (χ1n) is 6.49. The second kappa shape index (κ2) is 8.37. The van der Waals surface area contributed by atoms with Crippen LogP contribution in [-0.2, 0) is 4.79 Å². The number of likely N-dealkylation sites (N-methyl/N-ethyl adjacent to an activating group) is 1. The van der Waals surface area contributed by atoms with Gasteiger partial charge in [0.1, 0.15) is 0 Å². The number of hydrogen-bond acceptors (Lipinski definition) is 1. The van der Waals surface area contributed by atoms with Crippen LogP contribution in [0.5, 0.6) is 0 Å². The molecular weight excluding hydrogens is 198 g/mol. The van der Waals surface area contributed by atoms with Gasteiger partial charge in [0.05, 0.1) is 0 Å². The van der Waals surface area contributed by atoms with Gasteiger partial charge in [-0.15, -0.1) is 0 Å². The van der Waals surface area contributed by atoms with Gasteiger partial charge in [-0.25, -0.2) is 0 Å². The Labute approximate surface area is 101 Å². The van der Waals surface area contributed by atoms with E-state index in [2.05, 4.69) is 32.2 Å². The summed E-state index contributed by atoms with van der Waals surface area (Å²) in [6.45, 7) is 6.65. The molecule has 1 N–H and O–H groups in total. The fourth-order valence-corrected chi connectivity index (χ4v) is 1.69. The Morgan fingerprint density at radius 1 is 1.25 bits per heavy atom. The third-order valence-electron chi connectivity index (χ3n) is 3.29. The first-order valence-corrected chi connectivity index (χ1v) is 6.49. The molecule has 0 radical (unpaired) electrons. The van der Waals surface area contributed by atoms with Crippen LogP contribution >= 0.6 is 0 Å². The third kappa shape index (κ3) is 6.65. The van der Waals surface area contributed by atoms with Crippen LogP contribution in [0.1, 0.15) is 59.3 Å². The van der Waals surface area contributed by atoms with E-state index in [4.69, 9.17) is 0 Å². The first kappa shape index (κ1) is 15.2. The molecule has 0 bridgehead atoms. The van der Waals surface area contributed by atoms with Crippen molar-refractivity contribution in [1.29, 1.82) is 0 Å². The van der Waals surface area contributed by atoms with Gasteiger partial charge in [-0.2, -0.15) is 0 Å². The lowest BCUT2D eigenvalue weighted by Gasteiger charge is -2.24. The van der Waals surface area contributed by atoms with Crippen LogP contribution in [0, 0.1) is 5.41 Å². The van der Waals surface area contributed by atoms with Crippen LogP contribution in [0.4, 0.5) is 0 Å². The summed E-state index contributed by atoms with van der Waals surface area (Å²) in [6.07, 6.45) is 11.2. The molecule has 0 aromatic carbocycles. The van der Waals surface area contributed by atoms with E-state index in [0.29, 0.717) is 0 Å². The Morgan fingerprint density at radius 2 is 1.94 bits per heavy atom. The highest BCUT2D eigenvalue weighted by atomic mass is 16.1. The van der Waals surface area contributed by atoms with Gasteiger partial charge in [0.25, 0.3) is 0 Å². The van der Waals surface area contributed by atoms with Gasteiger partial charge in [-0.3, -0.25) is 4.79 Å². The molecule has 94 valence electrons. The predicted octanol–water partition coefficient (Wildman–Crippen LogP) is 3.68. The SMILES string of the molecule is CCCCCCC(C)(/C=C/C(=O)NC)CC. The van der Waals surface area contributed by atoms with Gasteiger partial charge in [-0.05, 0) is 24.3 Å². The Balaban J connectivity index is 4.09. The smallest absolute Gasteiger partial charge is 0.243 e. The van der Waals surface area contributed by atoms with Crippen molar-refractivity contribution in [2.75, 3.05) is 7.05 Å². The van der Waals surface area contributed by atoms with Crippen LogP contribution in [0.3, 0.4) is 0 Å². The molecule has 0 fully saturated rings. The van der Waals surface area contributed by atoms with Gasteiger partial charge >= 0.3 is 0 Å². The maximum absolute atomic E-state index is 11.2. The number of amides is 1. The standard InChI is InChI=1S/C14H27NO/c1-5-7-8-9-11-14(3,6-2)12-10-13(16)15-4/h10,12H,5-9,11H2,1-4H3,(H,15,16)/b12-10+. The highest BCUT2D eigenvalue weighted by molar-refractivity contribution is 5.87. The fraction of sp³-hybridized carbons (Fsp3) is 0.786. The van der Waals surface area contributed by atoms with Crippen LogP contribution in [0.25, 0.3) is 0 Å². The lowest BCUT2D eigenvalue weighted by molar-refractivity contribution is -0.116. The highest BCUT2D eigenvalue weighted by Crippen LogP contribution is 2.30. The second-order valence-electron chi connectivity index (χ2n) is 4.77. The first-order chi connectivity index (χ1) is 7.58. The summed E-state index contributed by atoms with van der Waals surface area (Å²) in [5.41, 5.74) is 0.181. The normalized spacial score (nSPS) is 15.0. The number of allylic oxidation sites excluding steroid dienone is 1. The monoisotopic (exact) mass is 225 g/mol. The summed E-state index contributed by atoms with van der Waals surface area (Å²) in [5, 5.41) is 2.61. The molecule has 0 aliphatic carbocycles. The lowest BCUT2D eigenvalue weighted by Crippen LogP contribution is -2.17. The van der Waals surface area contributed by atoms with Gasteiger partial charge < -0.3 is 5.32 Å². The molecule has 0 aromatic heterocycles. The minimum Gasteiger partial charge on any atom is -0.356 e. The van der Waals surface area contributed by atoms with Crippen molar-refractivity contribution in [3.8, 4) is 0 Å². The average Bonchev–Trinajstić information content (AvgIpc) is 2.31. The van der Waals surface area contributed by atoms with E-state index in [1.165, 1.54) is 32.1 Å². The van der Waals surface area contributed by atoms with Crippen molar-refractivity contribution in [3.63, 3.8) is 0 Å². The third-order valence-corrected chi connectivity index (χ3v) is 3.29. The van der Waals surface area contributed by atoms with Gasteiger partial charge in [-0.1, -0.05) is 52.5 Å². The largest absolute Gasteiger partial charge is 0.356 e. The van der Waals surface area contributed by atoms with Gasteiger partial charge in [0, 0.05) is 7.05 Å². The minimum absolute atomic E-state index is 0.00627. The molecule has 0 aliphatic heterocycles. The van der Waals surface area contributed by atoms with E-state index < -0.39 is 0 Å². The lowest BCUT2D eigenvalue weighted by atomic mass is 9.81. The van der Waals surface area contributed by atoms with Gasteiger partial charge in [0.2, 0.25) is 5.91 Å². The zero-order valence-electron chi connectivity index (χ0n) is 11.3. The summed E-state index contributed by atoms with van der Waals surface area (Å²) in [4.78, 5) is 11.2. The van der Waals surface area contributed by atoms with Crippen molar-refractivity contribution in [3.05, 3.63) is 12.2 Å². The zero-order chi connectivity index (χ0) is 12.4. The van der Waals surface area contributed by atoms with E-state index in [0.717, 1.165) is 6.42 Å². The molecule has 0 spiro atoms. The van der Waals surface area contributed by atoms with Crippen LogP contribution < -0.4 is 5.32 Å². The number of nitrogens with one attached hydrogen (secondary N) is 1. The van der Waals surface area contributed by atoms with Crippen molar-refractivity contribution in [2.24, 2.45) is 5.41 Å². The predicted molar refractivity (Wildman–Crippen MR) is 70.4 cm³/mol. The summed E-state index contributed by atoms with van der Waals surface area (Å²) >= 11 is 0. The molecule has 16 heavy (non-hydrogen) atoms. The van der Waals surface area contributed by atoms with Crippen LogP contribution in [0.2, 0.25) is 0 Å². The number of rotatable bonds is 8. The number of carbonyl (C=O) groups excluding carboxylic acids is 1. The van der Waals surface area contributed by atoms with Crippen molar-refractivity contribution in [2.45, 2.75) is 59.3 Å². The molecule has 0 aliphatic rings. The van der Waals surface area contributed by atoms with E-state index in [9.17, 15) is 4.79 Å². The molecule has 0 aromatic rings. The van der Waals surface area contributed by atoms with Crippen molar-refractivity contribution < 1.29 is 4.79 Å². The van der Waals surface area contributed by atoms with Crippen LogP contribution in [-0.4, -0.2) is 13.0 Å². The molecular formula is C14H27NO. The summed E-state index contributed by atoms with van der Waals surface area (Å²) in [7, 11) is 1.66. The Kier molecular flexibility index (Phi) is 7.96. The molecule has 1 amide bonds. The van der Waals surface area contributed by atoms with E-state index in [1.54, 1.807) is 13.1 Å². The second-order valence-corrected chi connectivity index (χ2v) is 4.77. The Morgan fingerprint density at radius 3 is 2.44 bits per heavy atom. The number of unbranched alkanes of at least 4 members (excludes halogenated alkanes) is 3. The quantitative estimate of drug-likeness (QED) is 0.495. The molecule has 1 atom stereocenters. The van der Waals surface area contributed by atoms with Crippen LogP contribution in [0.15, 0.2) is 12.2 Å². The molecule has 2 heteroatoms. The molecule has 0 saturated carbocycles. The topological polar surface area (TPSA) is 29.1 Å². The summed E-state index contributed by atoms with van der Waals surface area (Å²) in [5.74, 6) is -0.00627. The Hall–Kier alpha value is -0.790. The molecule has 0 saturated heterocycles. The number of hydrogen-bond donors (Lipinski definition) is 1. The van der Waals surface area contributed by atoms with E-state index >= 15 is 0 Å². The van der Waals surface area contributed by atoms with E-state index in [-0.39, 0.29) is 11.3 Å². The van der Waals surface area contributed by atoms with E-state index in [1.807, 2.05) is 0 Å². The maximum atomic E-state index is 11.2. The zero-order valence-corrected chi connectivity index (χ0v) is 11.3. The number of carbonyl (C=O) groups is 1. The molecule has 1 unspecified atom stereocenters. The molecule has 0 heterocycles. The summed E-state index contributed by atoms with van der Waals surface area (Å²) in [6, 6.07) is 0. The van der Waals surface area contributed by atoms with Crippen molar-refractivity contribution >= 4 is 5.91 Å². The summed E-state index contributed by atoms with van der Waals surface area (Å²) < 4.78 is 0. The maximum Gasteiger partial charge on any atom is 0.243 e. The average molecular weight is 225 g/mol. The Bertz CT molecular complexity index is 223. The highest BCUT2D eigenvalue weighted by Gasteiger charge is 2.17. The molecule has 2 nitrogen and oxygen atoms in total.